The Morgan fingerprint density at radius 1 is 1.29 bits per heavy atom. The fourth-order valence-electron chi connectivity index (χ4n) is 2.23. The maximum absolute atomic E-state index is 13.7. The predicted molar refractivity (Wildman–Crippen MR) is 86.5 cm³/mol. The molecule has 24 heavy (non-hydrogen) atoms. The maximum atomic E-state index is 13.7. The molecule has 1 aromatic carbocycles. The Balaban J connectivity index is 1.70. The lowest BCUT2D eigenvalue weighted by Gasteiger charge is -2.14. The maximum Gasteiger partial charge on any atom is 0.369 e. The van der Waals surface area contributed by atoms with Gasteiger partial charge in [0.2, 0.25) is 5.91 Å². The van der Waals surface area contributed by atoms with Crippen LogP contribution >= 0.6 is 11.3 Å². The van der Waals surface area contributed by atoms with Crippen molar-refractivity contribution in [3.8, 4) is 5.00 Å². The zero-order valence-electron chi connectivity index (χ0n) is 12.7. The SMILES string of the molecule is C[C@H](NC(=O)Cn1nnn(-c2cccs2)c1=O)c1ccccc1F. The lowest BCUT2D eigenvalue weighted by molar-refractivity contribution is -0.122. The number of rotatable bonds is 5. The summed E-state index contributed by atoms with van der Waals surface area (Å²) in [6.07, 6.45) is 0. The molecule has 0 fully saturated rings. The van der Waals surface area contributed by atoms with Gasteiger partial charge in [0.05, 0.1) is 6.04 Å². The molecule has 1 amide bonds. The van der Waals surface area contributed by atoms with Crippen molar-refractivity contribution < 1.29 is 9.18 Å². The molecule has 7 nitrogen and oxygen atoms in total. The van der Waals surface area contributed by atoms with E-state index in [1.807, 2.05) is 5.38 Å². The van der Waals surface area contributed by atoms with Crippen LogP contribution in [0.5, 0.6) is 0 Å². The van der Waals surface area contributed by atoms with Crippen molar-refractivity contribution >= 4 is 17.2 Å². The highest BCUT2D eigenvalue weighted by Crippen LogP contribution is 2.15. The Kier molecular flexibility index (Phi) is 4.52. The van der Waals surface area contributed by atoms with Gasteiger partial charge in [-0.25, -0.2) is 9.18 Å². The minimum absolute atomic E-state index is 0.289. The average Bonchev–Trinajstić information content (AvgIpc) is 3.18. The summed E-state index contributed by atoms with van der Waals surface area (Å²) in [5.74, 6) is -0.850. The van der Waals surface area contributed by atoms with E-state index in [9.17, 15) is 14.0 Å². The third-order valence-corrected chi connectivity index (χ3v) is 4.24. The minimum Gasteiger partial charge on any atom is -0.348 e. The number of hydrogen-bond acceptors (Lipinski definition) is 5. The van der Waals surface area contributed by atoms with E-state index in [0.29, 0.717) is 10.6 Å². The van der Waals surface area contributed by atoms with Crippen LogP contribution in [0.15, 0.2) is 46.6 Å². The van der Waals surface area contributed by atoms with Crippen LogP contribution in [0.4, 0.5) is 4.39 Å². The number of aromatic nitrogens is 4. The smallest absolute Gasteiger partial charge is 0.348 e. The van der Waals surface area contributed by atoms with Crippen LogP contribution in [0.25, 0.3) is 5.00 Å². The van der Waals surface area contributed by atoms with Gasteiger partial charge in [-0.1, -0.05) is 18.2 Å². The average molecular weight is 347 g/mol. The molecule has 0 aliphatic rings. The van der Waals surface area contributed by atoms with E-state index in [4.69, 9.17) is 0 Å². The molecule has 0 unspecified atom stereocenters. The van der Waals surface area contributed by atoms with E-state index in [0.717, 1.165) is 9.36 Å². The summed E-state index contributed by atoms with van der Waals surface area (Å²) in [4.78, 5) is 24.3. The van der Waals surface area contributed by atoms with E-state index in [2.05, 4.69) is 15.7 Å². The second-order valence-electron chi connectivity index (χ2n) is 5.09. The van der Waals surface area contributed by atoms with Crippen molar-refractivity contribution in [2.24, 2.45) is 0 Å². The van der Waals surface area contributed by atoms with Crippen LogP contribution < -0.4 is 11.0 Å². The fourth-order valence-corrected chi connectivity index (χ4v) is 2.90. The molecule has 2 heterocycles. The van der Waals surface area contributed by atoms with E-state index in [1.54, 1.807) is 37.3 Å². The van der Waals surface area contributed by atoms with E-state index in [1.165, 1.54) is 17.4 Å². The largest absolute Gasteiger partial charge is 0.369 e. The second-order valence-corrected chi connectivity index (χ2v) is 6.02. The van der Waals surface area contributed by atoms with E-state index in [-0.39, 0.29) is 6.54 Å². The van der Waals surface area contributed by atoms with Gasteiger partial charge in [-0.05, 0) is 40.9 Å². The molecule has 0 aliphatic carbocycles. The van der Waals surface area contributed by atoms with Crippen LogP contribution in [0.2, 0.25) is 0 Å². The molecule has 0 saturated carbocycles. The van der Waals surface area contributed by atoms with Crippen LogP contribution in [-0.4, -0.2) is 25.7 Å². The third-order valence-electron chi connectivity index (χ3n) is 3.40. The van der Waals surface area contributed by atoms with Gasteiger partial charge in [-0.2, -0.15) is 9.36 Å². The number of carbonyl (C=O) groups is 1. The van der Waals surface area contributed by atoms with Gasteiger partial charge in [0, 0.05) is 5.56 Å². The Morgan fingerprint density at radius 2 is 2.08 bits per heavy atom. The monoisotopic (exact) mass is 347 g/mol. The molecule has 0 aliphatic heterocycles. The summed E-state index contributed by atoms with van der Waals surface area (Å²) in [7, 11) is 0. The highest BCUT2D eigenvalue weighted by molar-refractivity contribution is 7.12. The van der Waals surface area contributed by atoms with Gasteiger partial charge in [0.1, 0.15) is 17.4 Å². The molecule has 0 radical (unpaired) electrons. The summed E-state index contributed by atoms with van der Waals surface area (Å²) < 4.78 is 15.8. The third kappa shape index (κ3) is 3.25. The summed E-state index contributed by atoms with van der Waals surface area (Å²) in [5.41, 5.74) is -0.133. The molecular weight excluding hydrogens is 333 g/mol. The van der Waals surface area contributed by atoms with Gasteiger partial charge in [-0.15, -0.1) is 11.3 Å². The lowest BCUT2D eigenvalue weighted by atomic mass is 10.1. The predicted octanol–water partition coefficient (Wildman–Crippen LogP) is 1.51. The first kappa shape index (κ1) is 16.1. The molecule has 3 rings (SSSR count). The quantitative estimate of drug-likeness (QED) is 0.758. The Morgan fingerprint density at radius 3 is 2.79 bits per heavy atom. The van der Waals surface area contributed by atoms with E-state index < -0.39 is 23.5 Å². The summed E-state index contributed by atoms with van der Waals surface area (Å²) >= 11 is 1.34. The van der Waals surface area contributed by atoms with Gasteiger partial charge in [0.25, 0.3) is 0 Å². The highest BCUT2D eigenvalue weighted by atomic mass is 32.1. The Hall–Kier alpha value is -2.81. The van der Waals surface area contributed by atoms with Crippen LogP contribution in [0, 0.1) is 5.82 Å². The number of halogens is 1. The molecule has 3 aromatic rings. The van der Waals surface area contributed by atoms with Crippen molar-refractivity contribution in [2.45, 2.75) is 19.5 Å². The zero-order valence-corrected chi connectivity index (χ0v) is 13.5. The van der Waals surface area contributed by atoms with Crippen molar-refractivity contribution in [1.82, 2.24) is 25.1 Å². The molecule has 1 N–H and O–H groups in total. The first-order chi connectivity index (χ1) is 11.6. The number of amides is 1. The molecule has 0 bridgehead atoms. The summed E-state index contributed by atoms with van der Waals surface area (Å²) in [6.45, 7) is 1.38. The van der Waals surface area contributed by atoms with Crippen LogP contribution in [0.1, 0.15) is 18.5 Å². The standard InChI is InChI=1S/C15H14FN5O2S/c1-10(11-5-2-3-6-12(11)16)17-13(22)9-20-15(23)21(19-18-20)14-7-4-8-24-14/h2-8,10H,9H2,1H3,(H,17,22)/t10-/m0/s1. The van der Waals surface area contributed by atoms with Crippen molar-refractivity contribution in [2.75, 3.05) is 0 Å². The number of thiophene rings is 1. The van der Waals surface area contributed by atoms with Gasteiger partial charge in [-0.3, -0.25) is 4.79 Å². The molecular formula is C15H14FN5O2S. The number of hydrogen-bond donors (Lipinski definition) is 1. The highest BCUT2D eigenvalue weighted by Gasteiger charge is 2.16. The number of benzene rings is 1. The molecule has 124 valence electrons. The minimum atomic E-state index is -0.526. The molecule has 9 heteroatoms. The normalized spacial score (nSPS) is 12.1. The Labute approximate surface area is 140 Å². The van der Waals surface area contributed by atoms with E-state index >= 15 is 0 Å². The van der Waals surface area contributed by atoms with Gasteiger partial charge in [0.15, 0.2) is 0 Å². The Bertz CT molecular complexity index is 903. The molecule has 2 aromatic heterocycles. The molecule has 1 atom stereocenters. The summed E-state index contributed by atoms with van der Waals surface area (Å²) in [5, 5.41) is 12.5. The van der Waals surface area contributed by atoms with Gasteiger partial charge < -0.3 is 5.32 Å². The molecule has 0 spiro atoms. The molecule has 0 saturated heterocycles. The van der Waals surface area contributed by atoms with Crippen LogP contribution in [-0.2, 0) is 11.3 Å². The zero-order chi connectivity index (χ0) is 17.1. The first-order valence-electron chi connectivity index (χ1n) is 7.17. The number of nitrogens with zero attached hydrogens (tertiary/aromatic N) is 4. The van der Waals surface area contributed by atoms with Crippen molar-refractivity contribution in [3.63, 3.8) is 0 Å². The lowest BCUT2D eigenvalue weighted by Crippen LogP contribution is -2.34. The number of carbonyl (C=O) groups excluding carboxylic acids is 1. The summed E-state index contributed by atoms with van der Waals surface area (Å²) in [6, 6.07) is 9.18. The number of tetrazole rings is 1. The van der Waals surface area contributed by atoms with Crippen LogP contribution in [0.3, 0.4) is 0 Å². The van der Waals surface area contributed by atoms with Crippen molar-refractivity contribution in [1.29, 1.82) is 0 Å². The van der Waals surface area contributed by atoms with Crippen molar-refractivity contribution in [3.05, 3.63) is 63.6 Å². The van der Waals surface area contributed by atoms with Gasteiger partial charge >= 0.3 is 5.69 Å². The topological polar surface area (TPSA) is 81.8 Å². The second kappa shape index (κ2) is 6.75. The fraction of sp³-hybridized carbons (Fsp3) is 0.200. The number of nitrogens with one attached hydrogen (secondary N) is 1. The first-order valence-corrected chi connectivity index (χ1v) is 8.04.